The standard InChI is InChI=1S/C28H56NO7P/c1-6-7-8-9-10-11-12-13-14-15-16-17-18-19-20-21-23-33-25-28(36-27(2)30)26-35-37(31,32)34-24-22-29(3,4)5/h13-14,28H,6-12,15-26H2,1-5H3/b14-13+/t28-/m1/s1. The average Bonchev–Trinajstić information content (AvgIpc) is 2.80. The zero-order valence-electron chi connectivity index (χ0n) is 24.4. The lowest BCUT2D eigenvalue weighted by atomic mass is 10.1. The van der Waals surface area contributed by atoms with Gasteiger partial charge in [0.1, 0.15) is 19.3 Å². The van der Waals surface area contributed by atoms with Crippen LogP contribution in [0, 0.1) is 0 Å². The summed E-state index contributed by atoms with van der Waals surface area (Å²) < 4.78 is 33.0. The van der Waals surface area contributed by atoms with E-state index in [0.29, 0.717) is 17.6 Å². The molecule has 0 aliphatic carbocycles. The van der Waals surface area contributed by atoms with Crippen LogP contribution in [-0.2, 0) is 27.9 Å². The molecule has 0 aliphatic rings. The predicted molar refractivity (Wildman–Crippen MR) is 148 cm³/mol. The maximum atomic E-state index is 11.9. The Kier molecular flexibility index (Phi) is 22.7. The number of ether oxygens (including phenoxy) is 2. The van der Waals surface area contributed by atoms with E-state index in [9.17, 15) is 14.3 Å². The summed E-state index contributed by atoms with van der Waals surface area (Å²) in [6.45, 7) is 4.37. The third-order valence-electron chi connectivity index (χ3n) is 5.87. The van der Waals surface area contributed by atoms with Crippen molar-refractivity contribution in [3.8, 4) is 0 Å². The molecule has 0 aromatic carbocycles. The predicted octanol–water partition coefficient (Wildman–Crippen LogP) is 6.18. The molecule has 0 spiro atoms. The molecule has 0 fully saturated rings. The third kappa shape index (κ3) is 28.1. The molecule has 0 aliphatic heterocycles. The van der Waals surface area contributed by atoms with Crippen LogP contribution in [0.3, 0.4) is 0 Å². The van der Waals surface area contributed by atoms with Crippen LogP contribution in [0.4, 0.5) is 0 Å². The Labute approximate surface area is 227 Å². The fraction of sp³-hybridized carbons (Fsp3) is 0.893. The number of quaternary nitrogens is 1. The van der Waals surface area contributed by atoms with Crippen LogP contribution in [0.15, 0.2) is 12.2 Å². The van der Waals surface area contributed by atoms with Crippen molar-refractivity contribution in [1.29, 1.82) is 0 Å². The molecule has 0 aromatic rings. The van der Waals surface area contributed by atoms with Crippen molar-refractivity contribution >= 4 is 13.8 Å². The summed E-state index contributed by atoms with van der Waals surface area (Å²) in [5.74, 6) is -0.513. The topological polar surface area (TPSA) is 94.1 Å². The minimum atomic E-state index is -4.47. The molecule has 2 atom stereocenters. The van der Waals surface area contributed by atoms with Crippen LogP contribution in [0.5, 0.6) is 0 Å². The molecular formula is C28H56NO7P. The summed E-state index contributed by atoms with van der Waals surface area (Å²) in [5.41, 5.74) is 0. The number of carbonyl (C=O) groups is 1. The molecule has 9 heteroatoms. The Balaban J connectivity index is 3.77. The number of rotatable bonds is 26. The Hall–Kier alpha value is -0.760. The van der Waals surface area contributed by atoms with E-state index in [4.69, 9.17) is 18.5 Å². The molecule has 0 N–H and O–H groups in total. The number of phosphoric acid groups is 1. The molecule has 0 saturated heterocycles. The summed E-state index contributed by atoms with van der Waals surface area (Å²) in [6.07, 6.45) is 21.3. The van der Waals surface area contributed by atoms with Gasteiger partial charge in [-0.25, -0.2) is 0 Å². The van der Waals surface area contributed by atoms with E-state index in [1.807, 2.05) is 21.1 Å². The molecule has 0 saturated carbocycles. The van der Waals surface area contributed by atoms with Gasteiger partial charge in [-0.1, -0.05) is 76.9 Å². The van der Waals surface area contributed by atoms with Crippen molar-refractivity contribution in [3.05, 3.63) is 12.2 Å². The molecule has 0 heterocycles. The van der Waals surface area contributed by atoms with Crippen LogP contribution in [0.1, 0.15) is 104 Å². The molecule has 1 unspecified atom stereocenters. The van der Waals surface area contributed by atoms with Gasteiger partial charge in [0.15, 0.2) is 0 Å². The molecule has 220 valence electrons. The van der Waals surface area contributed by atoms with E-state index in [0.717, 1.165) is 12.8 Å². The first kappa shape index (κ1) is 36.2. The number of hydrogen-bond acceptors (Lipinski definition) is 7. The van der Waals surface area contributed by atoms with Gasteiger partial charge in [0.05, 0.1) is 34.4 Å². The number of carbonyl (C=O) groups excluding carboxylic acids is 1. The summed E-state index contributed by atoms with van der Waals surface area (Å²) in [7, 11) is 1.34. The molecule has 8 nitrogen and oxygen atoms in total. The fourth-order valence-corrected chi connectivity index (χ4v) is 4.38. The van der Waals surface area contributed by atoms with E-state index in [1.165, 1.54) is 84.0 Å². The summed E-state index contributed by atoms with van der Waals surface area (Å²) in [4.78, 5) is 23.3. The second-order valence-corrected chi connectivity index (χ2v) is 12.2. The van der Waals surface area contributed by atoms with Gasteiger partial charge in [-0.3, -0.25) is 9.36 Å². The number of allylic oxidation sites excluding steroid dienone is 2. The van der Waals surface area contributed by atoms with E-state index in [1.54, 1.807) is 0 Å². The summed E-state index contributed by atoms with van der Waals surface area (Å²) >= 11 is 0. The highest BCUT2D eigenvalue weighted by Gasteiger charge is 2.19. The zero-order chi connectivity index (χ0) is 27.8. The zero-order valence-corrected chi connectivity index (χ0v) is 25.3. The van der Waals surface area contributed by atoms with Crippen LogP contribution < -0.4 is 4.89 Å². The largest absolute Gasteiger partial charge is 0.756 e. The summed E-state index contributed by atoms with van der Waals surface area (Å²) in [6, 6.07) is 0. The Morgan fingerprint density at radius 1 is 0.811 bits per heavy atom. The maximum absolute atomic E-state index is 11.9. The number of phosphoric ester groups is 1. The van der Waals surface area contributed by atoms with Gasteiger partial charge in [-0.05, 0) is 32.1 Å². The normalized spacial score (nSPS) is 14.6. The van der Waals surface area contributed by atoms with Gasteiger partial charge < -0.3 is 27.9 Å². The highest BCUT2D eigenvalue weighted by Crippen LogP contribution is 2.38. The minimum absolute atomic E-state index is 0.0228. The van der Waals surface area contributed by atoms with Gasteiger partial charge in [0, 0.05) is 13.5 Å². The monoisotopic (exact) mass is 549 g/mol. The maximum Gasteiger partial charge on any atom is 0.303 e. The number of unbranched alkanes of at least 4 members (excludes halogenated alkanes) is 12. The fourth-order valence-electron chi connectivity index (χ4n) is 3.66. The van der Waals surface area contributed by atoms with Crippen molar-refractivity contribution in [3.63, 3.8) is 0 Å². The Morgan fingerprint density at radius 2 is 1.35 bits per heavy atom. The van der Waals surface area contributed by atoms with Crippen molar-refractivity contribution in [2.24, 2.45) is 0 Å². The quantitative estimate of drug-likeness (QED) is 0.0418. The van der Waals surface area contributed by atoms with Gasteiger partial charge in [-0.15, -0.1) is 0 Å². The Morgan fingerprint density at radius 3 is 1.89 bits per heavy atom. The summed E-state index contributed by atoms with van der Waals surface area (Å²) in [5, 5.41) is 0. The molecule has 37 heavy (non-hydrogen) atoms. The molecule has 0 aromatic heterocycles. The van der Waals surface area contributed by atoms with Gasteiger partial charge in [0.25, 0.3) is 7.82 Å². The molecular weight excluding hydrogens is 493 g/mol. The van der Waals surface area contributed by atoms with Crippen LogP contribution in [0.25, 0.3) is 0 Å². The third-order valence-corrected chi connectivity index (χ3v) is 6.83. The number of esters is 1. The second-order valence-electron chi connectivity index (χ2n) is 10.8. The van der Waals surface area contributed by atoms with E-state index in [2.05, 4.69) is 19.1 Å². The van der Waals surface area contributed by atoms with Crippen LogP contribution >= 0.6 is 7.82 Å². The highest BCUT2D eigenvalue weighted by molar-refractivity contribution is 7.45. The lowest BCUT2D eigenvalue weighted by Gasteiger charge is -2.28. The molecule has 0 amide bonds. The first-order chi connectivity index (χ1) is 17.6. The van der Waals surface area contributed by atoms with Gasteiger partial charge >= 0.3 is 5.97 Å². The van der Waals surface area contributed by atoms with Crippen molar-refractivity contribution in [2.75, 3.05) is 54.1 Å². The molecule has 0 radical (unpaired) electrons. The van der Waals surface area contributed by atoms with Gasteiger partial charge in [-0.2, -0.15) is 0 Å². The first-order valence-electron chi connectivity index (χ1n) is 14.4. The SMILES string of the molecule is CCCCCCCC/C=C/CCCCCCCCOC[C@H](COP(=O)([O-])OCC[N+](C)(C)C)OC(C)=O. The lowest BCUT2D eigenvalue weighted by molar-refractivity contribution is -0.870. The van der Waals surface area contributed by atoms with Crippen molar-refractivity contribution < 1.29 is 37.3 Å². The van der Waals surface area contributed by atoms with Crippen molar-refractivity contribution in [1.82, 2.24) is 0 Å². The lowest BCUT2D eigenvalue weighted by Crippen LogP contribution is -2.37. The number of likely N-dealkylation sites (N-methyl/N-ethyl adjacent to an activating group) is 1. The van der Waals surface area contributed by atoms with Crippen molar-refractivity contribution in [2.45, 2.75) is 110 Å². The highest BCUT2D eigenvalue weighted by atomic mass is 31.2. The average molecular weight is 550 g/mol. The molecule has 0 bridgehead atoms. The van der Waals surface area contributed by atoms with E-state index >= 15 is 0 Å². The number of hydrogen-bond donors (Lipinski definition) is 0. The number of nitrogens with zero attached hydrogens (tertiary/aromatic N) is 1. The van der Waals surface area contributed by atoms with E-state index < -0.39 is 19.9 Å². The van der Waals surface area contributed by atoms with Crippen LogP contribution in [-0.4, -0.2) is 70.7 Å². The second kappa shape index (κ2) is 23.2. The smallest absolute Gasteiger partial charge is 0.303 e. The minimum Gasteiger partial charge on any atom is -0.756 e. The van der Waals surface area contributed by atoms with Gasteiger partial charge in [0.2, 0.25) is 0 Å². The van der Waals surface area contributed by atoms with Crippen LogP contribution in [0.2, 0.25) is 0 Å². The molecule has 0 rings (SSSR count). The first-order valence-corrected chi connectivity index (χ1v) is 15.8. The van der Waals surface area contributed by atoms with E-state index in [-0.39, 0.29) is 19.8 Å². The Bertz CT molecular complexity index is 622.